The molecule has 0 aliphatic carbocycles. The first-order chi connectivity index (χ1) is 9.29. The molecule has 1 saturated heterocycles. The number of benzene rings is 1. The van der Waals surface area contributed by atoms with Crippen molar-refractivity contribution in [1.29, 1.82) is 0 Å². The standard InChI is InChI=1S/C14H20N2O3/c1-2-18-12-5-3-4-11(8-12)9-16-14(17)13-10-15-6-7-19-13/h3-5,8,13,15H,2,6-7,9-10H2,1H3,(H,16,17). The Morgan fingerprint density at radius 3 is 3.21 bits per heavy atom. The number of carbonyl (C=O) groups is 1. The van der Waals surface area contributed by atoms with E-state index in [9.17, 15) is 4.79 Å². The zero-order valence-electron chi connectivity index (χ0n) is 11.1. The third-order valence-corrected chi connectivity index (χ3v) is 2.90. The van der Waals surface area contributed by atoms with E-state index in [2.05, 4.69) is 10.6 Å². The van der Waals surface area contributed by atoms with Crippen LogP contribution >= 0.6 is 0 Å². The lowest BCUT2D eigenvalue weighted by Gasteiger charge is -2.22. The summed E-state index contributed by atoms with van der Waals surface area (Å²) in [6.45, 7) is 5.03. The van der Waals surface area contributed by atoms with Gasteiger partial charge in [-0.1, -0.05) is 12.1 Å². The van der Waals surface area contributed by atoms with E-state index in [4.69, 9.17) is 9.47 Å². The highest BCUT2D eigenvalue weighted by molar-refractivity contribution is 5.81. The Morgan fingerprint density at radius 1 is 1.58 bits per heavy atom. The molecular weight excluding hydrogens is 244 g/mol. The maximum atomic E-state index is 11.9. The van der Waals surface area contributed by atoms with Crippen LogP contribution in [0.5, 0.6) is 5.75 Å². The van der Waals surface area contributed by atoms with Crippen molar-refractivity contribution in [2.75, 3.05) is 26.3 Å². The van der Waals surface area contributed by atoms with Gasteiger partial charge in [-0.15, -0.1) is 0 Å². The van der Waals surface area contributed by atoms with Crippen molar-refractivity contribution < 1.29 is 14.3 Å². The summed E-state index contributed by atoms with van der Waals surface area (Å²) in [4.78, 5) is 11.9. The second-order valence-electron chi connectivity index (χ2n) is 4.36. The summed E-state index contributed by atoms with van der Waals surface area (Å²) < 4.78 is 10.8. The minimum Gasteiger partial charge on any atom is -0.494 e. The molecule has 2 rings (SSSR count). The van der Waals surface area contributed by atoms with E-state index in [1.807, 2.05) is 31.2 Å². The minimum atomic E-state index is -0.385. The third-order valence-electron chi connectivity index (χ3n) is 2.90. The Kier molecular flexibility index (Phi) is 5.18. The van der Waals surface area contributed by atoms with Crippen LogP contribution in [-0.2, 0) is 16.1 Å². The Hall–Kier alpha value is -1.59. The molecule has 19 heavy (non-hydrogen) atoms. The fraction of sp³-hybridized carbons (Fsp3) is 0.500. The number of nitrogens with one attached hydrogen (secondary N) is 2. The summed E-state index contributed by atoms with van der Waals surface area (Å²) in [6, 6.07) is 7.72. The molecule has 1 amide bonds. The molecule has 1 aliphatic heterocycles. The molecule has 0 saturated carbocycles. The minimum absolute atomic E-state index is 0.0750. The molecule has 2 N–H and O–H groups in total. The van der Waals surface area contributed by atoms with Crippen LogP contribution in [0.1, 0.15) is 12.5 Å². The SMILES string of the molecule is CCOc1cccc(CNC(=O)C2CNCCO2)c1. The molecule has 1 aliphatic rings. The van der Waals surface area contributed by atoms with E-state index in [1.54, 1.807) is 0 Å². The van der Waals surface area contributed by atoms with Crippen molar-refractivity contribution in [3.8, 4) is 5.75 Å². The number of hydrogen-bond donors (Lipinski definition) is 2. The van der Waals surface area contributed by atoms with Gasteiger partial charge in [-0.05, 0) is 24.6 Å². The highest BCUT2D eigenvalue weighted by Gasteiger charge is 2.21. The van der Waals surface area contributed by atoms with Crippen LogP contribution in [0.2, 0.25) is 0 Å². The van der Waals surface area contributed by atoms with Crippen molar-refractivity contribution in [2.45, 2.75) is 19.6 Å². The summed E-state index contributed by atoms with van der Waals surface area (Å²) in [5.74, 6) is 0.749. The fourth-order valence-electron chi connectivity index (χ4n) is 1.95. The molecule has 104 valence electrons. The highest BCUT2D eigenvalue weighted by atomic mass is 16.5. The maximum Gasteiger partial charge on any atom is 0.250 e. The summed E-state index contributed by atoms with van der Waals surface area (Å²) in [7, 11) is 0. The van der Waals surface area contributed by atoms with E-state index in [1.165, 1.54) is 0 Å². The second-order valence-corrected chi connectivity index (χ2v) is 4.36. The number of hydrogen-bond acceptors (Lipinski definition) is 4. The Bertz CT molecular complexity index is 417. The first kappa shape index (κ1) is 13.8. The van der Waals surface area contributed by atoms with Crippen LogP contribution in [0, 0.1) is 0 Å². The molecule has 0 radical (unpaired) electrons. The average Bonchev–Trinajstić information content (AvgIpc) is 2.46. The van der Waals surface area contributed by atoms with Crippen molar-refractivity contribution >= 4 is 5.91 Å². The van der Waals surface area contributed by atoms with Crippen LogP contribution in [0.25, 0.3) is 0 Å². The topological polar surface area (TPSA) is 59.6 Å². The molecule has 5 heteroatoms. The van der Waals surface area contributed by atoms with Gasteiger partial charge >= 0.3 is 0 Å². The van der Waals surface area contributed by atoms with Crippen LogP contribution in [-0.4, -0.2) is 38.3 Å². The van der Waals surface area contributed by atoms with Gasteiger partial charge in [0.2, 0.25) is 0 Å². The van der Waals surface area contributed by atoms with Crippen LogP contribution in [0.15, 0.2) is 24.3 Å². The summed E-state index contributed by atoms with van der Waals surface area (Å²) in [5.41, 5.74) is 1.02. The van der Waals surface area contributed by atoms with Gasteiger partial charge in [0.15, 0.2) is 0 Å². The highest BCUT2D eigenvalue weighted by Crippen LogP contribution is 2.13. The predicted octanol–water partition coefficient (Wildman–Crippen LogP) is 0.690. The van der Waals surface area contributed by atoms with Crippen molar-refractivity contribution in [3.05, 3.63) is 29.8 Å². The van der Waals surface area contributed by atoms with Crippen molar-refractivity contribution in [2.24, 2.45) is 0 Å². The summed E-state index contributed by atoms with van der Waals surface area (Å²) in [6.07, 6.45) is -0.385. The van der Waals surface area contributed by atoms with E-state index < -0.39 is 0 Å². The number of morpholine rings is 1. The maximum absolute atomic E-state index is 11.9. The Balaban J connectivity index is 1.83. The van der Waals surface area contributed by atoms with Crippen LogP contribution in [0.4, 0.5) is 0 Å². The number of rotatable bonds is 5. The number of amides is 1. The lowest BCUT2D eigenvalue weighted by atomic mass is 10.2. The number of carbonyl (C=O) groups excluding carboxylic acids is 1. The third kappa shape index (κ3) is 4.22. The van der Waals surface area contributed by atoms with Gasteiger partial charge < -0.3 is 20.1 Å². The lowest BCUT2D eigenvalue weighted by Crippen LogP contribution is -2.47. The van der Waals surface area contributed by atoms with Gasteiger partial charge in [0.25, 0.3) is 5.91 Å². The van der Waals surface area contributed by atoms with Gasteiger partial charge in [0, 0.05) is 19.6 Å². The Morgan fingerprint density at radius 2 is 2.47 bits per heavy atom. The molecule has 1 heterocycles. The molecule has 0 spiro atoms. The molecule has 1 unspecified atom stereocenters. The molecular formula is C14H20N2O3. The largest absolute Gasteiger partial charge is 0.494 e. The smallest absolute Gasteiger partial charge is 0.250 e. The molecule has 1 aromatic carbocycles. The molecule has 5 nitrogen and oxygen atoms in total. The van der Waals surface area contributed by atoms with E-state index in [-0.39, 0.29) is 12.0 Å². The van der Waals surface area contributed by atoms with E-state index >= 15 is 0 Å². The van der Waals surface area contributed by atoms with Crippen molar-refractivity contribution in [3.63, 3.8) is 0 Å². The van der Waals surface area contributed by atoms with Crippen LogP contribution in [0.3, 0.4) is 0 Å². The molecule has 1 atom stereocenters. The fourth-order valence-corrected chi connectivity index (χ4v) is 1.95. The van der Waals surface area contributed by atoms with E-state index in [0.29, 0.717) is 26.3 Å². The lowest BCUT2D eigenvalue weighted by molar-refractivity contribution is -0.134. The second kappa shape index (κ2) is 7.11. The normalized spacial score (nSPS) is 18.9. The van der Waals surface area contributed by atoms with Gasteiger partial charge in [0.1, 0.15) is 11.9 Å². The predicted molar refractivity (Wildman–Crippen MR) is 72.1 cm³/mol. The van der Waals surface area contributed by atoms with Crippen molar-refractivity contribution in [1.82, 2.24) is 10.6 Å². The van der Waals surface area contributed by atoms with Gasteiger partial charge in [-0.2, -0.15) is 0 Å². The first-order valence-corrected chi connectivity index (χ1v) is 6.61. The Labute approximate surface area is 113 Å². The molecule has 0 aromatic heterocycles. The molecule has 1 fully saturated rings. The number of ether oxygens (including phenoxy) is 2. The monoisotopic (exact) mass is 264 g/mol. The zero-order chi connectivity index (χ0) is 13.5. The summed E-state index contributed by atoms with van der Waals surface area (Å²) >= 11 is 0. The zero-order valence-corrected chi connectivity index (χ0v) is 11.1. The van der Waals surface area contributed by atoms with Gasteiger partial charge in [0.05, 0.1) is 13.2 Å². The molecule has 1 aromatic rings. The van der Waals surface area contributed by atoms with E-state index in [0.717, 1.165) is 17.9 Å². The average molecular weight is 264 g/mol. The van der Waals surface area contributed by atoms with Gasteiger partial charge in [-0.3, -0.25) is 4.79 Å². The van der Waals surface area contributed by atoms with Crippen LogP contribution < -0.4 is 15.4 Å². The quantitative estimate of drug-likeness (QED) is 0.821. The first-order valence-electron chi connectivity index (χ1n) is 6.61. The summed E-state index contributed by atoms with van der Waals surface area (Å²) in [5, 5.41) is 6.01. The molecule has 0 bridgehead atoms. The van der Waals surface area contributed by atoms with Gasteiger partial charge in [-0.25, -0.2) is 0 Å².